The van der Waals surface area contributed by atoms with Gasteiger partial charge in [0.1, 0.15) is 5.92 Å². The summed E-state index contributed by atoms with van der Waals surface area (Å²) in [7, 11) is 0. The molecule has 1 fully saturated rings. The van der Waals surface area contributed by atoms with E-state index in [1.807, 2.05) is 20.8 Å². The summed E-state index contributed by atoms with van der Waals surface area (Å²) in [5.41, 5.74) is 1.95. The molecule has 9 heteroatoms. The van der Waals surface area contributed by atoms with Crippen molar-refractivity contribution >= 4 is 29.1 Å². The number of ketones is 2. The normalized spacial score (nSPS) is 17.5. The van der Waals surface area contributed by atoms with E-state index in [0.29, 0.717) is 53.5 Å². The van der Waals surface area contributed by atoms with Gasteiger partial charge in [0, 0.05) is 35.8 Å². The molecule has 1 aliphatic heterocycles. The average molecular weight is 503 g/mol. The van der Waals surface area contributed by atoms with E-state index < -0.39 is 29.4 Å². The molecule has 2 heterocycles. The fraction of sp³-hybridized carbons (Fsp3) is 0.357. The Hall–Kier alpha value is -4.14. The number of amides is 2. The number of nitrogens with one attached hydrogen (secondary N) is 1. The van der Waals surface area contributed by atoms with Crippen molar-refractivity contribution in [3.8, 4) is 11.4 Å². The van der Waals surface area contributed by atoms with Crippen LogP contribution in [0.3, 0.4) is 0 Å². The van der Waals surface area contributed by atoms with Gasteiger partial charge in [0.05, 0.1) is 6.04 Å². The number of nitrogens with zero attached hydrogens (tertiary/aromatic N) is 3. The molecule has 0 spiro atoms. The lowest BCUT2D eigenvalue weighted by molar-refractivity contribution is -0.135. The van der Waals surface area contributed by atoms with Crippen molar-refractivity contribution in [2.24, 2.45) is 11.8 Å². The van der Waals surface area contributed by atoms with E-state index in [1.165, 1.54) is 4.90 Å². The minimum absolute atomic E-state index is 0.0708. The van der Waals surface area contributed by atoms with E-state index in [1.54, 1.807) is 55.5 Å². The molecule has 2 unspecified atom stereocenters. The molecule has 9 nitrogen and oxygen atoms in total. The molecule has 1 saturated heterocycles. The Morgan fingerprint density at radius 3 is 2.14 bits per heavy atom. The first kappa shape index (κ1) is 25.9. The number of carbonyl (C=O) groups excluding carboxylic acids is 4. The third-order valence-electron chi connectivity index (χ3n) is 6.87. The van der Waals surface area contributed by atoms with Gasteiger partial charge in [-0.25, -0.2) is 0 Å². The van der Waals surface area contributed by atoms with Gasteiger partial charge in [-0.1, -0.05) is 44.0 Å². The summed E-state index contributed by atoms with van der Waals surface area (Å²) in [6.07, 6.45) is 1.39. The topological polar surface area (TPSA) is 122 Å². The number of aromatic nitrogens is 2. The van der Waals surface area contributed by atoms with Gasteiger partial charge >= 0.3 is 0 Å². The summed E-state index contributed by atoms with van der Waals surface area (Å²) in [4.78, 5) is 58.0. The molecule has 4 rings (SSSR count). The zero-order chi connectivity index (χ0) is 26.7. The number of rotatable bonds is 9. The minimum atomic E-state index is -1.13. The van der Waals surface area contributed by atoms with Crippen molar-refractivity contribution in [3.05, 3.63) is 65.5 Å². The summed E-state index contributed by atoms with van der Waals surface area (Å²) in [5, 5.41) is 6.63. The Kier molecular flexibility index (Phi) is 7.61. The van der Waals surface area contributed by atoms with Crippen LogP contribution >= 0.6 is 0 Å². The largest absolute Gasteiger partial charge is 0.352 e. The molecule has 1 N–H and O–H groups in total. The van der Waals surface area contributed by atoms with Crippen molar-refractivity contribution in [3.63, 3.8) is 0 Å². The van der Waals surface area contributed by atoms with E-state index in [-0.39, 0.29) is 11.8 Å². The van der Waals surface area contributed by atoms with Gasteiger partial charge in [0.2, 0.25) is 17.5 Å². The summed E-state index contributed by atoms with van der Waals surface area (Å²) < 4.78 is 5.04. The maximum absolute atomic E-state index is 13.6. The van der Waals surface area contributed by atoms with Crippen molar-refractivity contribution in [2.45, 2.75) is 46.6 Å². The van der Waals surface area contributed by atoms with Crippen molar-refractivity contribution < 1.29 is 23.7 Å². The van der Waals surface area contributed by atoms with Crippen LogP contribution in [0.25, 0.3) is 11.4 Å². The van der Waals surface area contributed by atoms with E-state index in [9.17, 15) is 19.2 Å². The predicted octanol–water partition coefficient (Wildman–Crippen LogP) is 4.01. The Labute approximate surface area is 215 Å². The van der Waals surface area contributed by atoms with Gasteiger partial charge in [-0.2, -0.15) is 4.98 Å². The predicted molar refractivity (Wildman–Crippen MR) is 137 cm³/mol. The van der Waals surface area contributed by atoms with E-state index >= 15 is 0 Å². The van der Waals surface area contributed by atoms with E-state index in [4.69, 9.17) is 4.52 Å². The number of anilines is 1. The zero-order valence-corrected chi connectivity index (χ0v) is 21.4. The average Bonchev–Trinajstić information content (AvgIpc) is 3.46. The van der Waals surface area contributed by atoms with Crippen LogP contribution in [0.2, 0.25) is 0 Å². The molecular weight excluding hydrogens is 472 g/mol. The van der Waals surface area contributed by atoms with Gasteiger partial charge in [-0.05, 0) is 49.2 Å². The highest BCUT2D eigenvalue weighted by Gasteiger charge is 2.53. The summed E-state index contributed by atoms with van der Waals surface area (Å²) in [5.74, 6) is -2.41. The van der Waals surface area contributed by atoms with Gasteiger partial charge in [-0.15, -0.1) is 0 Å². The van der Waals surface area contributed by atoms with Gasteiger partial charge in [0.15, 0.2) is 5.78 Å². The summed E-state index contributed by atoms with van der Waals surface area (Å²) >= 11 is 0. The molecule has 1 aliphatic rings. The highest BCUT2D eigenvalue weighted by Crippen LogP contribution is 2.38. The van der Waals surface area contributed by atoms with E-state index in [2.05, 4.69) is 15.5 Å². The molecule has 0 radical (unpaired) electrons. The fourth-order valence-corrected chi connectivity index (χ4v) is 4.93. The monoisotopic (exact) mass is 502 g/mol. The molecule has 2 amide bonds. The van der Waals surface area contributed by atoms with Crippen LogP contribution in [0, 0.1) is 18.8 Å². The van der Waals surface area contributed by atoms with E-state index in [0.717, 1.165) is 0 Å². The van der Waals surface area contributed by atoms with Crippen LogP contribution in [0.15, 0.2) is 53.1 Å². The zero-order valence-electron chi connectivity index (χ0n) is 21.4. The van der Waals surface area contributed by atoms with Crippen molar-refractivity contribution in [2.75, 3.05) is 11.4 Å². The third-order valence-corrected chi connectivity index (χ3v) is 6.87. The van der Waals surface area contributed by atoms with Crippen LogP contribution in [0.1, 0.15) is 60.2 Å². The molecule has 0 aliphatic carbocycles. The highest BCUT2D eigenvalue weighted by atomic mass is 16.5. The number of aryl methyl sites for hydroxylation is 1. The molecule has 3 aromatic rings. The maximum atomic E-state index is 13.6. The molecule has 192 valence electrons. The quantitative estimate of drug-likeness (QED) is 0.266. The van der Waals surface area contributed by atoms with Gasteiger partial charge < -0.3 is 14.7 Å². The number of hydrogen-bond donors (Lipinski definition) is 1. The summed E-state index contributed by atoms with van der Waals surface area (Å²) in [6, 6.07) is 12.6. The molecule has 0 saturated carbocycles. The standard InChI is InChI=1S/C28H30N4O5/c1-5-17(6-2)23-22(24(33)18-8-10-20(11-9-18)27(35)29-7-3)25(34)28(36)32(23)21-14-12-19(13-15-21)26-30-16(4)37-31-26/h8-15,17,22-23H,5-7H2,1-4H3,(H,29,35). The second-order valence-corrected chi connectivity index (χ2v) is 9.07. The lowest BCUT2D eigenvalue weighted by atomic mass is 9.80. The molecular formula is C28H30N4O5. The fourth-order valence-electron chi connectivity index (χ4n) is 4.93. The van der Waals surface area contributed by atoms with Crippen LogP contribution in [0.4, 0.5) is 5.69 Å². The maximum Gasteiger partial charge on any atom is 0.295 e. The Bertz CT molecular complexity index is 1310. The third kappa shape index (κ3) is 4.94. The Morgan fingerprint density at radius 2 is 1.59 bits per heavy atom. The molecule has 37 heavy (non-hydrogen) atoms. The van der Waals surface area contributed by atoms with Gasteiger partial charge in [0.25, 0.3) is 11.8 Å². The highest BCUT2D eigenvalue weighted by molar-refractivity contribution is 6.49. The Morgan fingerprint density at radius 1 is 0.973 bits per heavy atom. The minimum Gasteiger partial charge on any atom is -0.352 e. The van der Waals surface area contributed by atoms with Gasteiger partial charge in [-0.3, -0.25) is 19.2 Å². The van der Waals surface area contributed by atoms with Crippen LogP contribution < -0.4 is 10.2 Å². The molecule has 1 aromatic heterocycles. The Balaban J connectivity index is 1.68. The number of Topliss-reactive ketones (excluding diaryl/α,β-unsaturated/α-hetero) is 2. The first-order chi connectivity index (χ1) is 17.8. The second kappa shape index (κ2) is 10.9. The lowest BCUT2D eigenvalue weighted by Crippen LogP contribution is -2.43. The molecule has 0 bridgehead atoms. The number of carbonyl (C=O) groups is 4. The number of hydrogen-bond acceptors (Lipinski definition) is 7. The van der Waals surface area contributed by atoms with Crippen LogP contribution in [-0.4, -0.2) is 46.1 Å². The SMILES string of the molecule is CCNC(=O)c1ccc(C(=O)C2C(=O)C(=O)N(c3ccc(-c4noc(C)n4)cc3)C2C(CC)CC)cc1. The van der Waals surface area contributed by atoms with Crippen molar-refractivity contribution in [1.29, 1.82) is 0 Å². The first-order valence-electron chi connectivity index (χ1n) is 12.5. The summed E-state index contributed by atoms with van der Waals surface area (Å²) in [6.45, 7) is 7.99. The second-order valence-electron chi connectivity index (χ2n) is 9.07. The van der Waals surface area contributed by atoms with Crippen LogP contribution in [-0.2, 0) is 9.59 Å². The van der Waals surface area contributed by atoms with Crippen LogP contribution in [0.5, 0.6) is 0 Å². The molecule has 2 atom stereocenters. The molecule has 2 aromatic carbocycles. The first-order valence-corrected chi connectivity index (χ1v) is 12.5. The lowest BCUT2D eigenvalue weighted by Gasteiger charge is -2.32. The number of benzene rings is 2. The smallest absolute Gasteiger partial charge is 0.295 e. The van der Waals surface area contributed by atoms with Crippen molar-refractivity contribution in [1.82, 2.24) is 15.5 Å².